The van der Waals surface area contributed by atoms with Crippen LogP contribution in [0.4, 0.5) is 0 Å². The van der Waals surface area contributed by atoms with E-state index in [2.05, 4.69) is 5.32 Å². The maximum Gasteiger partial charge on any atom is 0.237 e. The number of phenolic OH excluding ortho intramolecular Hbond substituents is 1. The van der Waals surface area contributed by atoms with E-state index in [0.717, 1.165) is 5.56 Å². The minimum Gasteiger partial charge on any atom is -0.508 e. The predicted molar refractivity (Wildman–Crippen MR) is 65.9 cm³/mol. The normalized spacial score (nSPS) is 13.9. The SMILES string of the molecule is N[C@@H](Cc1ccc(O)cc1)C(=O)NCC(O)CO. The van der Waals surface area contributed by atoms with Gasteiger partial charge in [0.15, 0.2) is 0 Å². The minimum atomic E-state index is -0.977. The number of rotatable bonds is 6. The molecule has 0 spiro atoms. The van der Waals surface area contributed by atoms with Gasteiger partial charge in [-0.25, -0.2) is 0 Å². The molecule has 0 bridgehead atoms. The minimum absolute atomic E-state index is 0.0292. The fourth-order valence-electron chi connectivity index (χ4n) is 1.39. The zero-order chi connectivity index (χ0) is 13.5. The molecule has 1 amide bonds. The fraction of sp³-hybridized carbons (Fsp3) is 0.417. The molecule has 18 heavy (non-hydrogen) atoms. The van der Waals surface area contributed by atoms with Crippen LogP contribution in [0.5, 0.6) is 5.75 Å². The molecule has 0 aliphatic heterocycles. The van der Waals surface area contributed by atoms with Crippen LogP contribution in [0, 0.1) is 0 Å². The van der Waals surface area contributed by atoms with E-state index in [4.69, 9.17) is 21.1 Å². The number of nitrogens with one attached hydrogen (secondary N) is 1. The van der Waals surface area contributed by atoms with Crippen molar-refractivity contribution in [1.82, 2.24) is 5.32 Å². The Hall–Kier alpha value is -1.63. The number of amides is 1. The summed E-state index contributed by atoms with van der Waals surface area (Å²) in [6, 6.07) is 5.68. The first-order valence-corrected chi connectivity index (χ1v) is 5.63. The van der Waals surface area contributed by atoms with Crippen molar-refractivity contribution >= 4 is 5.91 Å². The summed E-state index contributed by atoms with van der Waals surface area (Å²) in [6.07, 6.45) is -0.642. The summed E-state index contributed by atoms with van der Waals surface area (Å²) in [4.78, 5) is 11.6. The summed E-state index contributed by atoms with van der Waals surface area (Å²) in [6.45, 7) is -0.438. The topological polar surface area (TPSA) is 116 Å². The van der Waals surface area contributed by atoms with Gasteiger partial charge in [0.1, 0.15) is 5.75 Å². The lowest BCUT2D eigenvalue weighted by atomic mass is 10.1. The molecule has 1 aromatic rings. The van der Waals surface area contributed by atoms with Gasteiger partial charge in [0, 0.05) is 6.54 Å². The number of nitrogens with two attached hydrogens (primary N) is 1. The van der Waals surface area contributed by atoms with Crippen LogP contribution in [0.2, 0.25) is 0 Å². The lowest BCUT2D eigenvalue weighted by molar-refractivity contribution is -0.122. The van der Waals surface area contributed by atoms with Crippen LogP contribution in [-0.4, -0.2) is 46.5 Å². The van der Waals surface area contributed by atoms with Crippen LogP contribution < -0.4 is 11.1 Å². The average molecular weight is 254 g/mol. The molecule has 100 valence electrons. The second-order valence-electron chi connectivity index (χ2n) is 4.06. The van der Waals surface area contributed by atoms with E-state index >= 15 is 0 Å². The molecule has 0 saturated heterocycles. The van der Waals surface area contributed by atoms with Crippen molar-refractivity contribution in [2.75, 3.05) is 13.2 Å². The molecule has 0 aliphatic carbocycles. The van der Waals surface area contributed by atoms with Crippen molar-refractivity contribution in [3.05, 3.63) is 29.8 Å². The highest BCUT2D eigenvalue weighted by Gasteiger charge is 2.14. The molecular formula is C12H18N2O4. The van der Waals surface area contributed by atoms with Crippen molar-refractivity contribution in [2.45, 2.75) is 18.6 Å². The van der Waals surface area contributed by atoms with E-state index in [9.17, 15) is 4.79 Å². The zero-order valence-electron chi connectivity index (χ0n) is 9.91. The Bertz CT molecular complexity index is 380. The number of aliphatic hydroxyl groups excluding tert-OH is 2. The van der Waals surface area contributed by atoms with Gasteiger partial charge in [-0.15, -0.1) is 0 Å². The monoisotopic (exact) mass is 254 g/mol. The van der Waals surface area contributed by atoms with Gasteiger partial charge >= 0.3 is 0 Å². The summed E-state index contributed by atoms with van der Waals surface area (Å²) in [5.74, 6) is -0.238. The standard InChI is InChI=1S/C12H18N2O4/c13-11(12(18)14-6-10(17)7-15)5-8-1-3-9(16)4-2-8/h1-4,10-11,15-17H,5-7,13H2,(H,14,18)/t10?,11-/m0/s1. The van der Waals surface area contributed by atoms with Crippen molar-refractivity contribution in [3.63, 3.8) is 0 Å². The number of carbonyl (C=O) groups is 1. The number of aliphatic hydroxyl groups is 2. The molecule has 0 radical (unpaired) electrons. The fourth-order valence-corrected chi connectivity index (χ4v) is 1.39. The van der Waals surface area contributed by atoms with E-state index in [0.29, 0.717) is 6.42 Å². The number of carbonyl (C=O) groups excluding carboxylic acids is 1. The molecule has 6 heteroatoms. The lowest BCUT2D eigenvalue weighted by Crippen LogP contribution is -2.45. The molecule has 0 fully saturated rings. The van der Waals surface area contributed by atoms with E-state index in [1.807, 2.05) is 0 Å². The third-order valence-corrected chi connectivity index (χ3v) is 2.45. The highest BCUT2D eigenvalue weighted by Crippen LogP contribution is 2.10. The van der Waals surface area contributed by atoms with Crippen molar-refractivity contribution < 1.29 is 20.1 Å². The number of phenols is 1. The van der Waals surface area contributed by atoms with E-state index in [1.165, 1.54) is 12.1 Å². The molecule has 6 N–H and O–H groups in total. The van der Waals surface area contributed by atoms with Gasteiger partial charge in [0.2, 0.25) is 5.91 Å². The molecule has 1 aromatic carbocycles. The van der Waals surface area contributed by atoms with Gasteiger partial charge in [-0.3, -0.25) is 4.79 Å². The summed E-state index contributed by atoms with van der Waals surface area (Å²) in [5.41, 5.74) is 6.53. The zero-order valence-corrected chi connectivity index (χ0v) is 9.91. The first kappa shape index (κ1) is 14.4. The van der Waals surface area contributed by atoms with Crippen LogP contribution in [0.15, 0.2) is 24.3 Å². The Balaban J connectivity index is 2.42. The number of aromatic hydroxyl groups is 1. The van der Waals surface area contributed by atoms with Crippen LogP contribution in [0.25, 0.3) is 0 Å². The average Bonchev–Trinajstić information content (AvgIpc) is 2.38. The molecule has 2 atom stereocenters. The maximum absolute atomic E-state index is 11.6. The highest BCUT2D eigenvalue weighted by atomic mass is 16.3. The Labute approximate surface area is 105 Å². The van der Waals surface area contributed by atoms with Crippen molar-refractivity contribution in [3.8, 4) is 5.75 Å². The third kappa shape index (κ3) is 4.70. The summed E-state index contributed by atoms with van der Waals surface area (Å²) >= 11 is 0. The molecule has 1 unspecified atom stereocenters. The largest absolute Gasteiger partial charge is 0.508 e. The predicted octanol–water partition coefficient (Wildman–Crippen LogP) is -1.27. The number of hydrogen-bond donors (Lipinski definition) is 5. The van der Waals surface area contributed by atoms with Gasteiger partial charge in [0.05, 0.1) is 18.8 Å². The molecular weight excluding hydrogens is 236 g/mol. The Morgan fingerprint density at radius 3 is 2.50 bits per heavy atom. The number of benzene rings is 1. The third-order valence-electron chi connectivity index (χ3n) is 2.45. The highest BCUT2D eigenvalue weighted by molar-refractivity contribution is 5.81. The summed E-state index contributed by atoms with van der Waals surface area (Å²) in [5, 5.41) is 29.2. The quantitative estimate of drug-likeness (QED) is 0.434. The number of hydrogen-bond acceptors (Lipinski definition) is 5. The molecule has 0 heterocycles. The molecule has 0 saturated carbocycles. The van der Waals surface area contributed by atoms with E-state index in [1.54, 1.807) is 12.1 Å². The first-order chi connectivity index (χ1) is 8.52. The van der Waals surface area contributed by atoms with Gasteiger partial charge in [-0.05, 0) is 24.1 Å². The smallest absolute Gasteiger partial charge is 0.237 e. The van der Waals surface area contributed by atoms with Gasteiger partial charge in [-0.1, -0.05) is 12.1 Å². The first-order valence-electron chi connectivity index (χ1n) is 5.63. The van der Waals surface area contributed by atoms with E-state index < -0.39 is 24.7 Å². The Morgan fingerprint density at radius 2 is 1.94 bits per heavy atom. The Morgan fingerprint density at radius 1 is 1.33 bits per heavy atom. The maximum atomic E-state index is 11.6. The molecule has 1 rings (SSSR count). The summed E-state index contributed by atoms with van der Waals surface area (Å²) < 4.78 is 0. The lowest BCUT2D eigenvalue weighted by Gasteiger charge is -2.14. The van der Waals surface area contributed by atoms with E-state index in [-0.39, 0.29) is 12.3 Å². The molecule has 6 nitrogen and oxygen atoms in total. The van der Waals surface area contributed by atoms with Gasteiger partial charge < -0.3 is 26.4 Å². The molecule has 0 aromatic heterocycles. The molecule has 0 aliphatic rings. The van der Waals surface area contributed by atoms with Crippen LogP contribution in [-0.2, 0) is 11.2 Å². The summed E-state index contributed by atoms with van der Waals surface area (Å²) in [7, 11) is 0. The van der Waals surface area contributed by atoms with Gasteiger partial charge in [0.25, 0.3) is 0 Å². The van der Waals surface area contributed by atoms with Crippen molar-refractivity contribution in [1.29, 1.82) is 0 Å². The Kier molecular flexibility index (Phi) is 5.57. The van der Waals surface area contributed by atoms with Crippen LogP contribution in [0.1, 0.15) is 5.56 Å². The second-order valence-corrected chi connectivity index (χ2v) is 4.06. The van der Waals surface area contributed by atoms with Gasteiger partial charge in [-0.2, -0.15) is 0 Å². The van der Waals surface area contributed by atoms with Crippen molar-refractivity contribution in [2.24, 2.45) is 5.73 Å². The van der Waals surface area contributed by atoms with Crippen LogP contribution >= 0.6 is 0 Å². The second kappa shape index (κ2) is 6.95. The van der Waals surface area contributed by atoms with Crippen LogP contribution in [0.3, 0.4) is 0 Å².